The summed E-state index contributed by atoms with van der Waals surface area (Å²) in [6, 6.07) is 15.6. The largest absolute Gasteiger partial charge is 0.294 e. The lowest BCUT2D eigenvalue weighted by Crippen LogP contribution is -1.99. The molecule has 29 heavy (non-hydrogen) atoms. The molecule has 0 fully saturated rings. The monoisotopic (exact) mass is 385 g/mol. The molecule has 8 nitrogen and oxygen atoms in total. The zero-order valence-corrected chi connectivity index (χ0v) is 15.7. The van der Waals surface area contributed by atoms with Gasteiger partial charge >= 0.3 is 0 Å². The number of aromatic nitrogens is 2. The van der Waals surface area contributed by atoms with Gasteiger partial charge in [0.05, 0.1) is 27.7 Å². The quantitative estimate of drug-likeness (QED) is 0.228. The van der Waals surface area contributed by atoms with E-state index in [0.29, 0.717) is 28.0 Å². The Labute approximate surface area is 165 Å². The number of rotatable bonds is 4. The second-order valence-electron chi connectivity index (χ2n) is 6.57. The van der Waals surface area contributed by atoms with Crippen LogP contribution < -0.4 is 0 Å². The number of nitriles is 1. The number of carbonyl (C=O) groups is 1. The van der Waals surface area contributed by atoms with E-state index < -0.39 is 4.92 Å². The second kappa shape index (κ2) is 6.73. The van der Waals surface area contributed by atoms with Crippen molar-refractivity contribution in [2.45, 2.75) is 13.8 Å². The third-order valence-electron chi connectivity index (χ3n) is 4.82. The van der Waals surface area contributed by atoms with Gasteiger partial charge in [-0.25, -0.2) is 4.68 Å². The molecule has 142 valence electrons. The van der Waals surface area contributed by atoms with Crippen LogP contribution in [0.5, 0.6) is 0 Å². The Morgan fingerprint density at radius 2 is 1.83 bits per heavy atom. The zero-order chi connectivity index (χ0) is 20.7. The summed E-state index contributed by atoms with van der Waals surface area (Å²) in [6.45, 7) is 3.22. The highest BCUT2D eigenvalue weighted by atomic mass is 16.6. The van der Waals surface area contributed by atoms with Crippen molar-refractivity contribution in [3.05, 3.63) is 81.0 Å². The molecule has 0 bridgehead atoms. The Bertz CT molecular complexity index is 1370. The summed E-state index contributed by atoms with van der Waals surface area (Å²) in [5.41, 5.74) is 4.13. The van der Waals surface area contributed by atoms with Crippen molar-refractivity contribution in [3.8, 4) is 6.07 Å². The topological polar surface area (TPSA) is 106 Å². The average Bonchev–Trinajstić information content (AvgIpc) is 3.17. The zero-order valence-electron chi connectivity index (χ0n) is 15.7. The van der Waals surface area contributed by atoms with Gasteiger partial charge in [-0.3, -0.25) is 19.3 Å². The molecule has 0 aliphatic carbocycles. The van der Waals surface area contributed by atoms with Crippen LogP contribution in [-0.4, -0.2) is 26.0 Å². The van der Waals surface area contributed by atoms with E-state index in [0.717, 1.165) is 11.0 Å². The number of ketones is 1. The summed E-state index contributed by atoms with van der Waals surface area (Å²) >= 11 is 0. The van der Waals surface area contributed by atoms with Crippen LogP contribution in [0.25, 0.3) is 16.7 Å². The minimum Gasteiger partial charge on any atom is -0.294 e. The summed E-state index contributed by atoms with van der Waals surface area (Å²) in [4.78, 5) is 22.7. The minimum atomic E-state index is -0.462. The van der Waals surface area contributed by atoms with Crippen LogP contribution in [0.3, 0.4) is 0 Å². The van der Waals surface area contributed by atoms with E-state index in [9.17, 15) is 20.2 Å². The van der Waals surface area contributed by atoms with Crippen molar-refractivity contribution in [2.24, 2.45) is 5.10 Å². The molecule has 0 saturated heterocycles. The van der Waals surface area contributed by atoms with Gasteiger partial charge in [0.25, 0.3) is 5.69 Å². The maximum absolute atomic E-state index is 12.4. The average molecular weight is 385 g/mol. The van der Waals surface area contributed by atoms with E-state index in [-0.39, 0.29) is 11.5 Å². The van der Waals surface area contributed by atoms with Gasteiger partial charge in [-0.05, 0) is 49.2 Å². The lowest BCUT2D eigenvalue weighted by Gasteiger charge is -2.01. The molecule has 4 aromatic rings. The number of hydrogen-bond donors (Lipinski definition) is 0. The maximum Gasteiger partial charge on any atom is 0.269 e. The van der Waals surface area contributed by atoms with Gasteiger partial charge in [0, 0.05) is 12.1 Å². The van der Waals surface area contributed by atoms with E-state index >= 15 is 0 Å². The van der Waals surface area contributed by atoms with Crippen LogP contribution in [0.2, 0.25) is 0 Å². The summed E-state index contributed by atoms with van der Waals surface area (Å²) in [5, 5.41) is 25.0. The molecule has 2 aromatic heterocycles. The van der Waals surface area contributed by atoms with Crippen LogP contribution in [0, 0.1) is 28.4 Å². The standard InChI is InChI=1S/C21H15N5O3/c1-13-19(11-22)24-17-5-3-4-6-18(17)25(21(24)20(13)14(2)27)23-12-15-7-9-16(10-8-15)26(28)29/h3-10,12H,1-2H3. The molecule has 2 heterocycles. The Hall–Kier alpha value is -4.25. The first-order valence-electron chi connectivity index (χ1n) is 8.78. The smallest absolute Gasteiger partial charge is 0.269 e. The molecule has 0 saturated carbocycles. The molecular formula is C21H15N5O3. The van der Waals surface area contributed by atoms with E-state index in [1.54, 1.807) is 34.3 Å². The third-order valence-corrected chi connectivity index (χ3v) is 4.82. The first kappa shape index (κ1) is 18.1. The van der Waals surface area contributed by atoms with Crippen molar-refractivity contribution in [3.63, 3.8) is 0 Å². The van der Waals surface area contributed by atoms with Crippen molar-refractivity contribution < 1.29 is 9.72 Å². The highest BCUT2D eigenvalue weighted by molar-refractivity contribution is 6.05. The normalized spacial score (nSPS) is 11.3. The highest BCUT2D eigenvalue weighted by Gasteiger charge is 2.24. The number of carbonyl (C=O) groups excluding carboxylic acids is 1. The Kier molecular flexibility index (Phi) is 4.20. The molecule has 0 atom stereocenters. The number of imidazole rings is 1. The van der Waals surface area contributed by atoms with Gasteiger partial charge in [0.2, 0.25) is 0 Å². The predicted molar refractivity (Wildman–Crippen MR) is 108 cm³/mol. The lowest BCUT2D eigenvalue weighted by atomic mass is 10.1. The molecule has 0 spiro atoms. The number of benzene rings is 2. The van der Waals surface area contributed by atoms with E-state index in [4.69, 9.17) is 0 Å². The van der Waals surface area contributed by atoms with Crippen LogP contribution >= 0.6 is 0 Å². The maximum atomic E-state index is 12.4. The van der Waals surface area contributed by atoms with Gasteiger partial charge in [-0.1, -0.05) is 12.1 Å². The Morgan fingerprint density at radius 1 is 1.17 bits per heavy atom. The van der Waals surface area contributed by atoms with Crippen LogP contribution in [-0.2, 0) is 0 Å². The molecule has 0 amide bonds. The van der Waals surface area contributed by atoms with Crippen molar-refractivity contribution >= 4 is 34.4 Å². The van der Waals surface area contributed by atoms with Crippen molar-refractivity contribution in [1.29, 1.82) is 5.26 Å². The number of para-hydroxylation sites is 2. The van der Waals surface area contributed by atoms with Gasteiger partial charge in [-0.2, -0.15) is 10.4 Å². The molecule has 0 N–H and O–H groups in total. The molecule has 2 aromatic carbocycles. The fourth-order valence-electron chi connectivity index (χ4n) is 3.53. The van der Waals surface area contributed by atoms with Crippen molar-refractivity contribution in [1.82, 2.24) is 9.08 Å². The van der Waals surface area contributed by atoms with E-state index in [1.807, 2.05) is 24.3 Å². The lowest BCUT2D eigenvalue weighted by molar-refractivity contribution is -0.384. The van der Waals surface area contributed by atoms with Gasteiger partial charge < -0.3 is 0 Å². The van der Waals surface area contributed by atoms with E-state index in [2.05, 4.69) is 11.2 Å². The van der Waals surface area contributed by atoms with Crippen LogP contribution in [0.1, 0.15) is 34.1 Å². The summed E-state index contributed by atoms with van der Waals surface area (Å²) in [5.74, 6) is -0.156. The SMILES string of the molecule is CC(=O)c1c(C)c(C#N)n2c3ccccc3n(N=Cc3ccc([N+](=O)[O-])cc3)c12. The fourth-order valence-corrected chi connectivity index (χ4v) is 3.53. The number of fused-ring (bicyclic) bond motifs is 3. The number of non-ortho nitro benzene ring substituents is 1. The first-order valence-corrected chi connectivity index (χ1v) is 8.78. The number of Topliss-reactive ketones (excluding diaryl/α,β-unsaturated/α-hetero) is 1. The van der Waals surface area contributed by atoms with Crippen LogP contribution in [0.15, 0.2) is 53.6 Å². The number of nitrogens with zero attached hydrogens (tertiary/aromatic N) is 5. The summed E-state index contributed by atoms with van der Waals surface area (Å²) in [6.07, 6.45) is 1.56. The minimum absolute atomic E-state index is 0.00398. The molecule has 4 rings (SSSR count). The molecular weight excluding hydrogens is 370 g/mol. The number of hydrogen-bond acceptors (Lipinski definition) is 5. The predicted octanol–water partition coefficient (Wildman–Crippen LogP) is 4.07. The highest BCUT2D eigenvalue weighted by Crippen LogP contribution is 2.30. The Morgan fingerprint density at radius 3 is 2.41 bits per heavy atom. The number of nitro benzene ring substituents is 1. The number of nitro groups is 1. The fraction of sp³-hybridized carbons (Fsp3) is 0.0952. The van der Waals surface area contributed by atoms with E-state index in [1.165, 1.54) is 19.1 Å². The molecule has 0 unspecified atom stereocenters. The van der Waals surface area contributed by atoms with Gasteiger partial charge in [0.1, 0.15) is 11.8 Å². The molecule has 8 heteroatoms. The molecule has 0 aliphatic heterocycles. The third kappa shape index (κ3) is 2.76. The van der Waals surface area contributed by atoms with Crippen molar-refractivity contribution in [2.75, 3.05) is 0 Å². The second-order valence-corrected chi connectivity index (χ2v) is 6.57. The van der Waals surface area contributed by atoms with Crippen LogP contribution in [0.4, 0.5) is 5.69 Å². The molecule has 0 radical (unpaired) electrons. The van der Waals surface area contributed by atoms with Gasteiger partial charge in [0.15, 0.2) is 11.4 Å². The Balaban J connectivity index is 1.99. The molecule has 0 aliphatic rings. The van der Waals surface area contributed by atoms with Gasteiger partial charge in [-0.15, -0.1) is 0 Å². The summed E-state index contributed by atoms with van der Waals surface area (Å²) in [7, 11) is 0. The summed E-state index contributed by atoms with van der Waals surface area (Å²) < 4.78 is 3.37. The first-order chi connectivity index (χ1) is 13.9.